The molecule has 0 aliphatic carbocycles. The Morgan fingerprint density at radius 2 is 1.88 bits per heavy atom. The minimum Gasteiger partial charge on any atom is -0.459 e. The first kappa shape index (κ1) is 22.9. The molecule has 1 aliphatic rings. The third-order valence-electron chi connectivity index (χ3n) is 5.06. The molecule has 0 atom stereocenters. The molecule has 1 aromatic heterocycles. The van der Waals surface area contributed by atoms with Crippen LogP contribution in [0.4, 0.5) is 5.69 Å². The van der Waals surface area contributed by atoms with Crippen LogP contribution in [-0.4, -0.2) is 48.6 Å². The fourth-order valence-corrected chi connectivity index (χ4v) is 4.37. The summed E-state index contributed by atoms with van der Waals surface area (Å²) in [5.74, 6) is 0.318. The first-order chi connectivity index (χ1) is 15.9. The lowest BCUT2D eigenvalue weighted by molar-refractivity contribution is -0.150. The molecule has 2 heterocycles. The van der Waals surface area contributed by atoms with Gasteiger partial charge in [-0.25, -0.2) is 0 Å². The van der Waals surface area contributed by atoms with E-state index in [2.05, 4.69) is 0 Å². The van der Waals surface area contributed by atoms with Crippen molar-refractivity contribution in [2.75, 3.05) is 30.9 Å². The number of thioether (sulfide) groups is 1. The van der Waals surface area contributed by atoms with E-state index in [0.29, 0.717) is 22.2 Å². The van der Waals surface area contributed by atoms with Gasteiger partial charge < -0.3 is 14.1 Å². The Labute approximate surface area is 200 Å². The smallest absolute Gasteiger partial charge is 0.326 e. The molecule has 7 nitrogen and oxygen atoms in total. The molecule has 3 aromatic rings. The summed E-state index contributed by atoms with van der Waals surface area (Å²) < 4.78 is 11.0. The highest BCUT2D eigenvalue weighted by Gasteiger charge is 2.27. The van der Waals surface area contributed by atoms with E-state index in [-0.39, 0.29) is 30.7 Å². The van der Waals surface area contributed by atoms with Crippen LogP contribution in [0.1, 0.15) is 5.76 Å². The maximum Gasteiger partial charge on any atom is 0.326 e. The second-order valence-electron chi connectivity index (χ2n) is 7.42. The summed E-state index contributed by atoms with van der Waals surface area (Å²) in [5, 5.41) is 0.637. The average Bonchev–Trinajstić information content (AvgIpc) is 3.28. The first-order valence-electron chi connectivity index (χ1n) is 10.2. The predicted octanol–water partition coefficient (Wildman–Crippen LogP) is 4.24. The summed E-state index contributed by atoms with van der Waals surface area (Å²) in [7, 11) is 1.60. The number of rotatable bonds is 7. The van der Waals surface area contributed by atoms with Crippen LogP contribution in [0, 0.1) is 0 Å². The summed E-state index contributed by atoms with van der Waals surface area (Å²) in [6.07, 6.45) is 0. The number of para-hydroxylation sites is 1. The monoisotopic (exact) mass is 484 g/mol. The van der Waals surface area contributed by atoms with Crippen LogP contribution in [0.15, 0.2) is 70.0 Å². The van der Waals surface area contributed by atoms with E-state index >= 15 is 0 Å². The molecule has 0 fully saturated rings. The van der Waals surface area contributed by atoms with Gasteiger partial charge in [0.25, 0.3) is 5.91 Å². The molecule has 0 unspecified atom stereocenters. The van der Waals surface area contributed by atoms with Crippen molar-refractivity contribution < 1.29 is 23.5 Å². The second-order valence-corrected chi connectivity index (χ2v) is 8.87. The van der Waals surface area contributed by atoms with Gasteiger partial charge in [0.2, 0.25) is 5.91 Å². The lowest BCUT2D eigenvalue weighted by Gasteiger charge is -2.28. The molecule has 0 N–H and O–H groups in total. The molecule has 33 heavy (non-hydrogen) atoms. The normalized spacial score (nSPS) is 12.9. The number of carbonyl (C=O) groups is 3. The van der Waals surface area contributed by atoms with E-state index in [1.807, 2.05) is 36.4 Å². The molecular weight excluding hydrogens is 464 g/mol. The summed E-state index contributed by atoms with van der Waals surface area (Å²) in [6.45, 7) is -0.437. The third-order valence-corrected chi connectivity index (χ3v) is 6.36. The van der Waals surface area contributed by atoms with Crippen molar-refractivity contribution in [1.29, 1.82) is 0 Å². The molecule has 1 aliphatic heterocycles. The summed E-state index contributed by atoms with van der Waals surface area (Å²) in [5.41, 5.74) is 1.55. The second kappa shape index (κ2) is 10.1. The van der Waals surface area contributed by atoms with Gasteiger partial charge in [-0.15, -0.1) is 11.8 Å². The highest BCUT2D eigenvalue weighted by atomic mass is 35.5. The van der Waals surface area contributed by atoms with Gasteiger partial charge >= 0.3 is 5.97 Å². The Kier molecular flexibility index (Phi) is 7.05. The van der Waals surface area contributed by atoms with Crippen LogP contribution in [0.5, 0.6) is 0 Å². The zero-order valence-corrected chi connectivity index (χ0v) is 19.4. The Morgan fingerprint density at radius 3 is 2.67 bits per heavy atom. The number of furan rings is 1. The molecule has 4 rings (SSSR count). The van der Waals surface area contributed by atoms with E-state index in [4.69, 9.17) is 20.8 Å². The summed E-state index contributed by atoms with van der Waals surface area (Å²) >= 11 is 7.35. The predicted molar refractivity (Wildman–Crippen MR) is 126 cm³/mol. The number of hydrogen-bond acceptors (Lipinski definition) is 6. The van der Waals surface area contributed by atoms with Crippen LogP contribution in [-0.2, 0) is 25.7 Å². The number of likely N-dealkylation sites (N-methyl/N-ethyl adjacent to an activating group) is 1. The Balaban J connectivity index is 1.29. The Hall–Kier alpha value is -3.23. The largest absolute Gasteiger partial charge is 0.459 e. The maximum atomic E-state index is 12.4. The maximum absolute atomic E-state index is 12.4. The van der Waals surface area contributed by atoms with Crippen LogP contribution in [0.3, 0.4) is 0 Å². The van der Waals surface area contributed by atoms with Crippen molar-refractivity contribution in [3.63, 3.8) is 0 Å². The van der Waals surface area contributed by atoms with Gasteiger partial charge in [0.1, 0.15) is 18.1 Å². The highest BCUT2D eigenvalue weighted by molar-refractivity contribution is 8.00. The molecule has 0 saturated carbocycles. The molecule has 2 amide bonds. The van der Waals surface area contributed by atoms with E-state index in [0.717, 1.165) is 10.5 Å². The van der Waals surface area contributed by atoms with Gasteiger partial charge in [-0.05, 0) is 48.5 Å². The summed E-state index contributed by atoms with van der Waals surface area (Å²) in [4.78, 5) is 40.7. The number of fused-ring (bicyclic) bond motifs is 1. The van der Waals surface area contributed by atoms with E-state index in [9.17, 15) is 14.4 Å². The fourth-order valence-electron chi connectivity index (χ4n) is 3.31. The SMILES string of the molecule is CN(Cc1ccc(-c2ccc(Cl)cc2)o1)C(=O)COC(=O)CN1C(=O)CSc2ccccc21. The van der Waals surface area contributed by atoms with Gasteiger partial charge in [0.05, 0.1) is 18.0 Å². The minimum atomic E-state index is -0.644. The van der Waals surface area contributed by atoms with Crippen LogP contribution >= 0.6 is 23.4 Å². The van der Waals surface area contributed by atoms with Crippen molar-refractivity contribution in [2.45, 2.75) is 11.4 Å². The fraction of sp³-hybridized carbons (Fsp3) is 0.208. The van der Waals surface area contributed by atoms with Crippen molar-refractivity contribution in [3.8, 4) is 11.3 Å². The van der Waals surface area contributed by atoms with E-state index in [1.165, 1.54) is 21.6 Å². The highest BCUT2D eigenvalue weighted by Crippen LogP contribution is 2.34. The number of amides is 2. The standard InChI is InChI=1S/C24H21ClN2O5S/c1-26(12-18-10-11-20(32-18)16-6-8-17(25)9-7-16)22(28)14-31-24(30)13-27-19-4-2-3-5-21(19)33-15-23(27)29/h2-11H,12-15H2,1H3. The number of ether oxygens (including phenoxy) is 1. The molecule has 0 bridgehead atoms. The molecule has 0 saturated heterocycles. The van der Waals surface area contributed by atoms with Crippen LogP contribution in [0.25, 0.3) is 11.3 Å². The zero-order valence-electron chi connectivity index (χ0n) is 17.8. The number of esters is 1. The van der Waals surface area contributed by atoms with Crippen LogP contribution < -0.4 is 4.90 Å². The number of benzene rings is 2. The van der Waals surface area contributed by atoms with Gasteiger partial charge in [0.15, 0.2) is 6.61 Å². The van der Waals surface area contributed by atoms with Gasteiger partial charge in [-0.2, -0.15) is 0 Å². The molecule has 0 spiro atoms. The van der Waals surface area contributed by atoms with Crippen LogP contribution in [0.2, 0.25) is 5.02 Å². The minimum absolute atomic E-state index is 0.173. The van der Waals surface area contributed by atoms with E-state index in [1.54, 1.807) is 31.3 Å². The lowest BCUT2D eigenvalue weighted by atomic mass is 10.2. The number of hydrogen-bond donors (Lipinski definition) is 0. The summed E-state index contributed by atoms with van der Waals surface area (Å²) in [6, 6.07) is 18.2. The van der Waals surface area contributed by atoms with Crippen molar-refractivity contribution in [3.05, 3.63) is 71.4 Å². The van der Waals surface area contributed by atoms with E-state index < -0.39 is 12.6 Å². The molecule has 2 aromatic carbocycles. The topological polar surface area (TPSA) is 80.1 Å². The number of anilines is 1. The Morgan fingerprint density at radius 1 is 1.12 bits per heavy atom. The molecule has 170 valence electrons. The first-order valence-corrected chi connectivity index (χ1v) is 11.5. The lowest BCUT2D eigenvalue weighted by Crippen LogP contribution is -2.40. The number of halogens is 1. The van der Waals surface area contributed by atoms with Crippen molar-refractivity contribution >= 4 is 46.8 Å². The molecule has 0 radical (unpaired) electrons. The molecule has 9 heteroatoms. The molecular formula is C24H21ClN2O5S. The van der Waals surface area contributed by atoms with Gasteiger partial charge in [0, 0.05) is 22.5 Å². The zero-order chi connectivity index (χ0) is 23.4. The van der Waals surface area contributed by atoms with Crippen molar-refractivity contribution in [2.24, 2.45) is 0 Å². The van der Waals surface area contributed by atoms with Gasteiger partial charge in [-0.1, -0.05) is 23.7 Å². The van der Waals surface area contributed by atoms with Crippen molar-refractivity contribution in [1.82, 2.24) is 4.90 Å². The quantitative estimate of drug-likeness (QED) is 0.467. The number of nitrogens with zero attached hydrogens (tertiary/aromatic N) is 2. The third kappa shape index (κ3) is 5.58. The van der Waals surface area contributed by atoms with Gasteiger partial charge in [-0.3, -0.25) is 19.3 Å². The average molecular weight is 485 g/mol. The number of carbonyl (C=O) groups excluding carboxylic acids is 3. The Bertz CT molecular complexity index is 1180.